The Morgan fingerprint density at radius 3 is 2.71 bits per heavy atom. The van der Waals surface area contributed by atoms with E-state index < -0.39 is 0 Å². The van der Waals surface area contributed by atoms with Crippen LogP contribution in [0.15, 0.2) is 12.5 Å². The van der Waals surface area contributed by atoms with Crippen LogP contribution in [0.3, 0.4) is 0 Å². The highest BCUT2D eigenvalue weighted by Crippen LogP contribution is 2.58. The maximum atomic E-state index is 11.6. The summed E-state index contributed by atoms with van der Waals surface area (Å²) in [4.78, 5) is 25.1. The number of nitrogens with one attached hydrogen (secondary N) is 1. The van der Waals surface area contributed by atoms with Crippen molar-refractivity contribution >= 4 is 33.0 Å². The smallest absolute Gasteiger partial charge is 0.158 e. The van der Waals surface area contributed by atoms with Gasteiger partial charge >= 0.3 is 0 Å². The van der Waals surface area contributed by atoms with Gasteiger partial charge in [0.2, 0.25) is 0 Å². The number of thiophene rings is 1. The first-order valence-corrected chi connectivity index (χ1v) is 13.7. The van der Waals surface area contributed by atoms with Crippen LogP contribution in [0.1, 0.15) is 79.0 Å². The molecule has 4 aromatic rings. The summed E-state index contributed by atoms with van der Waals surface area (Å²) in [7, 11) is 0. The molecule has 0 atom stereocenters. The number of carbonyl (C=O) groups excluding carboxylic acids is 1. The fourth-order valence-corrected chi connectivity index (χ4v) is 8.19. The third-order valence-corrected chi connectivity index (χ3v) is 10.00. The number of nitrogens with zero attached hydrogens (tertiary/aromatic N) is 4. The number of Topliss-reactive ketones (excluding diaryl/α,β-unsaturated/α-hetero) is 1. The van der Waals surface area contributed by atoms with E-state index in [0.717, 1.165) is 18.7 Å². The van der Waals surface area contributed by atoms with E-state index in [-0.39, 0.29) is 5.78 Å². The largest absolute Gasteiger partial charge is 0.346 e. The molecule has 1 aliphatic heterocycles. The van der Waals surface area contributed by atoms with Crippen LogP contribution in [0.4, 0.5) is 0 Å². The molecule has 1 aliphatic carbocycles. The average molecular weight is 490 g/mol. The molecule has 0 radical (unpaired) electrons. The molecule has 35 heavy (non-hydrogen) atoms. The number of hydrogen-bond donors (Lipinski definition) is 1. The zero-order valence-electron chi connectivity index (χ0n) is 21.7. The maximum Gasteiger partial charge on any atom is 0.158 e. The van der Waals surface area contributed by atoms with Gasteiger partial charge < -0.3 is 4.98 Å². The number of aromatic amines is 1. The number of hydrogen-bond acceptors (Lipinski definition) is 5. The molecule has 1 N–H and O–H groups in total. The van der Waals surface area contributed by atoms with Gasteiger partial charge in [0.1, 0.15) is 16.9 Å². The molecular weight excluding hydrogens is 454 g/mol. The lowest BCUT2D eigenvalue weighted by molar-refractivity contribution is -0.118. The summed E-state index contributed by atoms with van der Waals surface area (Å²) in [5.41, 5.74) is 9.13. The van der Waals surface area contributed by atoms with Gasteiger partial charge in [-0.1, -0.05) is 13.8 Å². The van der Waals surface area contributed by atoms with Crippen LogP contribution < -0.4 is 0 Å². The molecule has 2 aliphatic rings. The average Bonchev–Trinajstić information content (AvgIpc) is 3.52. The Morgan fingerprint density at radius 1 is 1.23 bits per heavy atom. The topological polar surface area (TPSA) is 66.3 Å². The molecule has 1 saturated heterocycles. The normalized spacial score (nSPS) is 22.8. The second kappa shape index (κ2) is 8.00. The lowest BCUT2D eigenvalue weighted by Crippen LogP contribution is -2.39. The highest BCUT2D eigenvalue weighted by molar-refractivity contribution is 7.19. The number of aryl methyl sites for hydroxylation is 2. The summed E-state index contributed by atoms with van der Waals surface area (Å²) < 4.78 is 1.90. The van der Waals surface area contributed by atoms with Crippen molar-refractivity contribution in [2.45, 2.75) is 72.6 Å². The van der Waals surface area contributed by atoms with Crippen LogP contribution in [0.25, 0.3) is 27.1 Å². The predicted octanol–water partition coefficient (Wildman–Crippen LogP) is 6.15. The van der Waals surface area contributed by atoms with Crippen LogP contribution >= 0.6 is 11.3 Å². The van der Waals surface area contributed by atoms with Gasteiger partial charge in [-0.2, -0.15) is 5.10 Å². The van der Waals surface area contributed by atoms with Crippen molar-refractivity contribution < 1.29 is 4.79 Å². The van der Waals surface area contributed by atoms with Crippen LogP contribution in [0, 0.1) is 26.2 Å². The monoisotopic (exact) mass is 489 g/mol. The van der Waals surface area contributed by atoms with E-state index >= 15 is 0 Å². The van der Waals surface area contributed by atoms with Gasteiger partial charge in [0.05, 0.1) is 12.2 Å². The van der Waals surface area contributed by atoms with Crippen molar-refractivity contribution in [3.63, 3.8) is 0 Å². The molecule has 7 heteroatoms. The van der Waals surface area contributed by atoms with E-state index in [0.29, 0.717) is 23.8 Å². The van der Waals surface area contributed by atoms with E-state index in [1.165, 1.54) is 63.0 Å². The number of fused-ring (bicyclic) bond motifs is 2. The van der Waals surface area contributed by atoms with Gasteiger partial charge in [-0.15, -0.1) is 11.3 Å². The van der Waals surface area contributed by atoms with E-state index in [4.69, 9.17) is 0 Å². The second-order valence-corrected chi connectivity index (χ2v) is 12.5. The molecule has 0 amide bonds. The molecule has 184 valence electrons. The van der Waals surface area contributed by atoms with Crippen molar-refractivity contribution in [1.82, 2.24) is 24.5 Å². The van der Waals surface area contributed by atoms with Crippen molar-refractivity contribution in [3.8, 4) is 11.3 Å². The minimum Gasteiger partial charge on any atom is -0.346 e. The summed E-state index contributed by atoms with van der Waals surface area (Å²) in [6.07, 6.45) is 7.52. The number of pyridine rings is 1. The Morgan fingerprint density at radius 2 is 2.00 bits per heavy atom. The predicted molar refractivity (Wildman–Crippen MR) is 143 cm³/mol. The Hall–Kier alpha value is -2.51. The fraction of sp³-hybridized carbons (Fsp3) is 0.536. The van der Waals surface area contributed by atoms with E-state index in [2.05, 4.69) is 60.8 Å². The zero-order valence-corrected chi connectivity index (χ0v) is 22.5. The van der Waals surface area contributed by atoms with Crippen molar-refractivity contribution in [2.75, 3.05) is 19.6 Å². The molecule has 1 saturated carbocycles. The van der Waals surface area contributed by atoms with E-state index in [9.17, 15) is 4.79 Å². The number of ketones is 1. The standard InChI is InChI=1S/C28H35N5OS/c1-15(2)22-23-19(6)25(20-9-28(10-20)7-8-32(13-28)11-16(3)34)35-27(23)31-24(22)21-12-33-26(29-14-30-33)18(5)17(21)4/h12,14-15,20,31H,7-11,13H2,1-6H3. The fourth-order valence-electron chi connectivity index (χ4n) is 6.86. The lowest BCUT2D eigenvalue weighted by atomic mass is 9.60. The van der Waals surface area contributed by atoms with E-state index in [1.807, 2.05) is 15.9 Å². The minimum absolute atomic E-state index is 0.284. The first-order valence-electron chi connectivity index (χ1n) is 12.8. The van der Waals surface area contributed by atoms with Crippen molar-refractivity contribution in [1.29, 1.82) is 0 Å². The summed E-state index contributed by atoms with van der Waals surface area (Å²) in [6, 6.07) is 0. The zero-order chi connectivity index (χ0) is 24.6. The first-order chi connectivity index (χ1) is 16.7. The molecule has 6 nitrogen and oxygen atoms in total. The molecule has 4 aromatic heterocycles. The number of rotatable bonds is 5. The summed E-state index contributed by atoms with van der Waals surface area (Å²) in [5.74, 6) is 1.34. The molecule has 2 fully saturated rings. The summed E-state index contributed by atoms with van der Waals surface area (Å²) >= 11 is 1.97. The third kappa shape index (κ3) is 3.50. The van der Waals surface area contributed by atoms with Gasteiger partial charge in [-0.25, -0.2) is 9.50 Å². The molecular formula is C28H35N5OS. The lowest BCUT2D eigenvalue weighted by Gasteiger charge is -2.45. The van der Waals surface area contributed by atoms with Gasteiger partial charge in [0.25, 0.3) is 0 Å². The number of aromatic nitrogens is 4. The molecule has 0 unspecified atom stereocenters. The second-order valence-electron chi connectivity index (χ2n) is 11.5. The highest BCUT2D eigenvalue weighted by Gasteiger charge is 2.49. The highest BCUT2D eigenvalue weighted by atomic mass is 32.1. The first kappa shape index (κ1) is 22.9. The molecule has 0 bridgehead atoms. The van der Waals surface area contributed by atoms with Gasteiger partial charge in [-0.05, 0) is 93.0 Å². The number of likely N-dealkylation sites (tertiary alicyclic amines) is 1. The Labute approximate surface area is 210 Å². The van der Waals surface area contributed by atoms with Gasteiger partial charge in [0.15, 0.2) is 5.65 Å². The quantitative estimate of drug-likeness (QED) is 0.365. The van der Waals surface area contributed by atoms with Gasteiger partial charge in [0, 0.05) is 28.6 Å². The van der Waals surface area contributed by atoms with E-state index in [1.54, 1.807) is 18.1 Å². The molecule has 1 spiro atoms. The van der Waals surface area contributed by atoms with Crippen molar-refractivity contribution in [3.05, 3.63) is 39.7 Å². The summed E-state index contributed by atoms with van der Waals surface area (Å²) in [6.45, 7) is 15.8. The van der Waals surface area contributed by atoms with Crippen LogP contribution in [0.2, 0.25) is 0 Å². The van der Waals surface area contributed by atoms with Crippen molar-refractivity contribution in [2.24, 2.45) is 5.41 Å². The van der Waals surface area contributed by atoms with Crippen LogP contribution in [-0.2, 0) is 4.79 Å². The minimum atomic E-state index is 0.284. The molecule has 6 rings (SSSR count). The Bertz CT molecular complexity index is 1470. The Kier molecular flexibility index (Phi) is 5.24. The van der Waals surface area contributed by atoms with Gasteiger partial charge in [-0.3, -0.25) is 9.69 Å². The molecule has 5 heterocycles. The number of carbonyl (C=O) groups is 1. The SMILES string of the molecule is CC(=O)CN1CCC2(CC(c3sc4[nH]c(-c5cn6ncnc6c(C)c5C)c(C(C)C)c4c3C)C2)C1. The molecule has 0 aromatic carbocycles. The third-order valence-electron chi connectivity index (χ3n) is 8.63. The Balaban J connectivity index is 1.36. The number of H-pyrrole nitrogens is 1. The van der Waals surface area contributed by atoms with Crippen LogP contribution in [-0.4, -0.2) is 49.9 Å². The summed E-state index contributed by atoms with van der Waals surface area (Å²) in [5, 5.41) is 5.85. The maximum absolute atomic E-state index is 11.6. The van der Waals surface area contributed by atoms with Crippen LogP contribution in [0.5, 0.6) is 0 Å².